The number of hydrogen-bond acceptors (Lipinski definition) is 5. The van der Waals surface area contributed by atoms with Crippen LogP contribution >= 0.6 is 0 Å². The van der Waals surface area contributed by atoms with Crippen LogP contribution in [0.2, 0.25) is 0 Å². The molecule has 0 aromatic heterocycles. The molecule has 1 heterocycles. The average Bonchev–Trinajstić information content (AvgIpc) is 2.30. The molecule has 1 aliphatic rings. The molecule has 1 fully saturated rings. The monoisotopic (exact) mass is 229 g/mol. The van der Waals surface area contributed by atoms with Crippen molar-refractivity contribution in [3.05, 3.63) is 11.8 Å². The van der Waals surface area contributed by atoms with Crippen LogP contribution in [0.4, 0.5) is 0 Å². The quantitative estimate of drug-likeness (QED) is 0.414. The minimum Gasteiger partial charge on any atom is -0.502 e. The number of rotatable bonds is 3. The molecule has 0 atom stereocenters. The summed E-state index contributed by atoms with van der Waals surface area (Å²) in [5.41, 5.74) is 0. The lowest BCUT2D eigenvalue weighted by atomic mass is 10.3. The second-order valence-electron chi connectivity index (χ2n) is 3.19. The van der Waals surface area contributed by atoms with Crippen LogP contribution in [0.25, 0.3) is 0 Å². The van der Waals surface area contributed by atoms with Crippen molar-refractivity contribution >= 4 is 11.9 Å². The first-order valence-electron chi connectivity index (χ1n) is 5.09. The third-order valence-corrected chi connectivity index (χ3v) is 2.07. The molecular formula is C10H15NO5. The fourth-order valence-corrected chi connectivity index (χ4v) is 1.26. The second kappa shape index (κ2) is 6.12. The van der Waals surface area contributed by atoms with Crippen molar-refractivity contribution in [2.45, 2.75) is 6.92 Å². The number of amides is 1. The largest absolute Gasteiger partial charge is 0.502 e. The third-order valence-electron chi connectivity index (χ3n) is 2.07. The summed E-state index contributed by atoms with van der Waals surface area (Å²) in [6.07, 6.45) is 0.878. The zero-order valence-electron chi connectivity index (χ0n) is 9.14. The third kappa shape index (κ3) is 3.54. The van der Waals surface area contributed by atoms with Crippen molar-refractivity contribution in [3.63, 3.8) is 0 Å². The number of esters is 1. The molecular weight excluding hydrogens is 214 g/mol. The summed E-state index contributed by atoms with van der Waals surface area (Å²) < 4.78 is 9.61. The lowest BCUT2D eigenvalue weighted by molar-refractivity contribution is -0.142. The van der Waals surface area contributed by atoms with Crippen molar-refractivity contribution in [1.82, 2.24) is 4.90 Å². The Hall–Kier alpha value is -1.56. The first kappa shape index (κ1) is 12.5. The van der Waals surface area contributed by atoms with Crippen LogP contribution < -0.4 is 0 Å². The molecule has 6 nitrogen and oxygen atoms in total. The van der Waals surface area contributed by atoms with E-state index in [4.69, 9.17) is 4.74 Å². The van der Waals surface area contributed by atoms with Crippen molar-refractivity contribution in [1.29, 1.82) is 0 Å². The van der Waals surface area contributed by atoms with Crippen molar-refractivity contribution in [3.8, 4) is 0 Å². The zero-order chi connectivity index (χ0) is 12.0. The maximum atomic E-state index is 11.5. The van der Waals surface area contributed by atoms with Gasteiger partial charge in [0, 0.05) is 13.1 Å². The molecule has 16 heavy (non-hydrogen) atoms. The summed E-state index contributed by atoms with van der Waals surface area (Å²) in [4.78, 5) is 24.1. The van der Waals surface area contributed by atoms with Gasteiger partial charge < -0.3 is 19.5 Å². The van der Waals surface area contributed by atoms with Crippen LogP contribution in [0, 0.1) is 0 Å². The highest BCUT2D eigenvalue weighted by Gasteiger charge is 2.17. The van der Waals surface area contributed by atoms with E-state index >= 15 is 0 Å². The molecule has 1 rings (SSSR count). The van der Waals surface area contributed by atoms with Gasteiger partial charge in [-0.3, -0.25) is 4.79 Å². The van der Waals surface area contributed by atoms with Gasteiger partial charge in [-0.2, -0.15) is 0 Å². The number of morpholine rings is 1. The molecule has 1 N–H and O–H groups in total. The van der Waals surface area contributed by atoms with Gasteiger partial charge in [0.15, 0.2) is 0 Å². The summed E-state index contributed by atoms with van der Waals surface area (Å²) in [5.74, 6) is -1.96. The predicted molar refractivity (Wildman–Crippen MR) is 54.7 cm³/mol. The van der Waals surface area contributed by atoms with E-state index in [0.29, 0.717) is 26.3 Å². The number of carbonyl (C=O) groups is 2. The number of aliphatic hydroxyl groups excluding tert-OH is 1. The van der Waals surface area contributed by atoms with Crippen molar-refractivity contribution < 1.29 is 24.2 Å². The molecule has 0 bridgehead atoms. The lowest BCUT2D eigenvalue weighted by Crippen LogP contribution is -2.40. The van der Waals surface area contributed by atoms with Gasteiger partial charge in [0.05, 0.1) is 25.9 Å². The smallest absolute Gasteiger partial charge is 0.373 e. The van der Waals surface area contributed by atoms with E-state index in [0.717, 1.165) is 6.08 Å². The highest BCUT2D eigenvalue weighted by molar-refractivity contribution is 5.96. The van der Waals surface area contributed by atoms with Gasteiger partial charge in [0.25, 0.3) is 5.91 Å². The van der Waals surface area contributed by atoms with E-state index in [-0.39, 0.29) is 6.61 Å². The predicted octanol–water partition coefficient (Wildman–Crippen LogP) is -0.150. The number of aliphatic hydroxyl groups is 1. The Kier molecular flexibility index (Phi) is 4.78. The molecule has 0 unspecified atom stereocenters. The van der Waals surface area contributed by atoms with Crippen molar-refractivity contribution in [2.75, 3.05) is 32.9 Å². The molecule has 1 saturated heterocycles. The minimum absolute atomic E-state index is 0.155. The Morgan fingerprint density at radius 2 is 2.06 bits per heavy atom. The van der Waals surface area contributed by atoms with Gasteiger partial charge in [-0.15, -0.1) is 0 Å². The molecule has 0 radical (unpaired) electrons. The highest BCUT2D eigenvalue weighted by atomic mass is 16.5. The van der Waals surface area contributed by atoms with Crippen LogP contribution in [0.1, 0.15) is 6.92 Å². The topological polar surface area (TPSA) is 76.1 Å². The van der Waals surface area contributed by atoms with E-state index in [9.17, 15) is 14.7 Å². The van der Waals surface area contributed by atoms with E-state index in [2.05, 4.69) is 4.74 Å². The standard InChI is InChI=1S/C10H15NO5/c1-2-16-10(14)8(12)7-9(13)11-3-5-15-6-4-11/h7,12H,2-6H2,1H3. The molecule has 90 valence electrons. The molecule has 1 aliphatic heterocycles. The zero-order valence-corrected chi connectivity index (χ0v) is 9.14. The number of nitrogens with zero attached hydrogens (tertiary/aromatic N) is 1. The molecule has 1 amide bonds. The van der Waals surface area contributed by atoms with Crippen molar-refractivity contribution in [2.24, 2.45) is 0 Å². The maximum absolute atomic E-state index is 11.5. The Morgan fingerprint density at radius 1 is 1.44 bits per heavy atom. The maximum Gasteiger partial charge on any atom is 0.373 e. The summed E-state index contributed by atoms with van der Waals surface area (Å²) in [7, 11) is 0. The van der Waals surface area contributed by atoms with Gasteiger partial charge in [0.1, 0.15) is 0 Å². The van der Waals surface area contributed by atoms with Gasteiger partial charge in [-0.1, -0.05) is 0 Å². The van der Waals surface area contributed by atoms with Crippen LogP contribution in [-0.2, 0) is 19.1 Å². The second-order valence-corrected chi connectivity index (χ2v) is 3.19. The fourth-order valence-electron chi connectivity index (χ4n) is 1.26. The lowest BCUT2D eigenvalue weighted by Gasteiger charge is -2.25. The summed E-state index contributed by atoms with van der Waals surface area (Å²) >= 11 is 0. The van der Waals surface area contributed by atoms with Gasteiger partial charge in [-0.05, 0) is 6.92 Å². The Labute approximate surface area is 93.4 Å². The Morgan fingerprint density at radius 3 is 2.62 bits per heavy atom. The van der Waals surface area contributed by atoms with E-state index < -0.39 is 17.6 Å². The number of ether oxygens (including phenoxy) is 2. The van der Waals surface area contributed by atoms with Gasteiger partial charge >= 0.3 is 5.97 Å². The first-order valence-corrected chi connectivity index (χ1v) is 5.09. The first-order chi connectivity index (χ1) is 7.65. The Bertz CT molecular complexity index is 294. The molecule has 0 saturated carbocycles. The summed E-state index contributed by atoms with van der Waals surface area (Å²) in [6, 6.07) is 0. The SMILES string of the molecule is CCOC(=O)C(O)=CC(=O)N1CCOCC1. The Balaban J connectivity index is 2.53. The van der Waals surface area contributed by atoms with Crippen LogP contribution in [-0.4, -0.2) is 54.8 Å². The number of carbonyl (C=O) groups excluding carboxylic acids is 2. The summed E-state index contributed by atoms with van der Waals surface area (Å²) in [5, 5.41) is 9.26. The van der Waals surface area contributed by atoms with Gasteiger partial charge in [-0.25, -0.2) is 4.79 Å². The molecule has 6 heteroatoms. The molecule has 0 aromatic carbocycles. The average molecular weight is 229 g/mol. The fraction of sp³-hybridized carbons (Fsp3) is 0.600. The van der Waals surface area contributed by atoms with Crippen LogP contribution in [0.15, 0.2) is 11.8 Å². The van der Waals surface area contributed by atoms with Gasteiger partial charge in [0.2, 0.25) is 5.76 Å². The summed E-state index contributed by atoms with van der Waals surface area (Å²) in [6.45, 7) is 3.65. The van der Waals surface area contributed by atoms with Crippen LogP contribution in [0.3, 0.4) is 0 Å². The minimum atomic E-state index is -0.885. The molecule has 0 spiro atoms. The number of hydrogen-bond donors (Lipinski definition) is 1. The highest BCUT2D eigenvalue weighted by Crippen LogP contribution is 2.01. The normalized spacial score (nSPS) is 17.1. The van der Waals surface area contributed by atoms with Crippen LogP contribution in [0.5, 0.6) is 0 Å². The molecule has 0 aliphatic carbocycles. The van der Waals surface area contributed by atoms with E-state index in [1.807, 2.05) is 0 Å². The molecule has 0 aromatic rings. The van der Waals surface area contributed by atoms with E-state index in [1.54, 1.807) is 6.92 Å². The van der Waals surface area contributed by atoms with E-state index in [1.165, 1.54) is 4.90 Å².